The van der Waals surface area contributed by atoms with Crippen molar-refractivity contribution in [3.63, 3.8) is 0 Å². The number of hydrogen-bond donors (Lipinski definition) is 0. The van der Waals surface area contributed by atoms with Crippen molar-refractivity contribution >= 4 is 0 Å². The number of allylic oxidation sites excluding steroid dienone is 6. The molecule has 0 saturated carbocycles. The van der Waals surface area contributed by atoms with Gasteiger partial charge in [0.25, 0.3) is 0 Å². The van der Waals surface area contributed by atoms with Gasteiger partial charge >= 0.3 is 0 Å². The summed E-state index contributed by atoms with van der Waals surface area (Å²) in [6.45, 7) is 18.0. The van der Waals surface area contributed by atoms with E-state index >= 15 is 0 Å². The van der Waals surface area contributed by atoms with Crippen LogP contribution in [0.5, 0.6) is 0 Å². The third-order valence-electron chi connectivity index (χ3n) is 2.07. The van der Waals surface area contributed by atoms with Crippen LogP contribution in [0, 0.1) is 5.41 Å². The lowest BCUT2D eigenvalue weighted by Gasteiger charge is -2.17. The molecule has 0 aromatic rings. The molecule has 0 heterocycles. The second kappa shape index (κ2) is 12.4. The summed E-state index contributed by atoms with van der Waals surface area (Å²) in [5.41, 5.74) is 1.70. The van der Waals surface area contributed by atoms with E-state index in [9.17, 15) is 0 Å². The third kappa shape index (κ3) is 24.3. The molecule has 0 saturated heterocycles. The Hall–Kier alpha value is -1.04. The summed E-state index contributed by atoms with van der Waals surface area (Å²) in [5, 5.41) is 0. The Morgan fingerprint density at radius 1 is 1.22 bits per heavy atom. The zero-order valence-corrected chi connectivity index (χ0v) is 13.1. The van der Waals surface area contributed by atoms with Crippen LogP contribution in [-0.2, 0) is 0 Å². The number of hydrogen-bond acceptors (Lipinski definition) is 0. The van der Waals surface area contributed by atoms with Crippen LogP contribution < -0.4 is 0 Å². The zero-order chi connectivity index (χ0) is 14.4. The van der Waals surface area contributed by atoms with Crippen LogP contribution in [0.2, 0.25) is 0 Å². The molecule has 1 aliphatic rings. The Labute approximate surface area is 115 Å². The summed E-state index contributed by atoms with van der Waals surface area (Å²) in [6.07, 6.45) is 15.2. The highest BCUT2D eigenvalue weighted by atomic mass is 14.1. The van der Waals surface area contributed by atoms with Crippen molar-refractivity contribution in [2.75, 3.05) is 0 Å². The molecular formula is C18H32. The minimum absolute atomic E-state index is 0.422. The van der Waals surface area contributed by atoms with Crippen molar-refractivity contribution in [2.24, 2.45) is 5.41 Å². The Bertz CT molecular complexity index is 252. The van der Waals surface area contributed by atoms with E-state index in [0.717, 1.165) is 6.42 Å². The summed E-state index contributed by atoms with van der Waals surface area (Å²) in [7, 11) is 0. The van der Waals surface area contributed by atoms with Crippen molar-refractivity contribution in [2.45, 2.75) is 60.3 Å². The topological polar surface area (TPSA) is 0 Å². The Kier molecular flexibility index (Phi) is 13.3. The molecule has 0 amide bonds. The van der Waals surface area contributed by atoms with E-state index in [-0.39, 0.29) is 0 Å². The standard InChI is InChI=1S/C8H16.2C5H8/c1-7(2)6-8(3,4)5;1-2-4-5-3-1;1-3-5-4-2/h1,6H2,2-5H3;1-2H,3-5H2;3-5H,1H2,2H3. The van der Waals surface area contributed by atoms with Gasteiger partial charge in [-0.25, -0.2) is 0 Å². The predicted octanol–water partition coefficient (Wildman–Crippen LogP) is 6.47. The SMILES string of the molecule is C1=CCCC1.C=C(C)CC(C)(C)C.C=CC=CC. The molecular weight excluding hydrogens is 216 g/mol. The fourth-order valence-corrected chi connectivity index (χ4v) is 1.63. The highest BCUT2D eigenvalue weighted by molar-refractivity contribution is 4.94. The van der Waals surface area contributed by atoms with Gasteiger partial charge in [-0.05, 0) is 44.9 Å². The predicted molar refractivity (Wildman–Crippen MR) is 86.9 cm³/mol. The van der Waals surface area contributed by atoms with Crippen molar-refractivity contribution in [1.29, 1.82) is 0 Å². The van der Waals surface area contributed by atoms with Crippen molar-refractivity contribution in [1.82, 2.24) is 0 Å². The molecule has 0 heteroatoms. The second-order valence-electron chi connectivity index (χ2n) is 5.86. The molecule has 18 heavy (non-hydrogen) atoms. The van der Waals surface area contributed by atoms with Crippen LogP contribution in [-0.4, -0.2) is 0 Å². The van der Waals surface area contributed by atoms with Gasteiger partial charge in [0, 0.05) is 0 Å². The summed E-state index contributed by atoms with van der Waals surface area (Å²) in [5.74, 6) is 0. The lowest BCUT2D eigenvalue weighted by molar-refractivity contribution is 0.410. The molecule has 0 aliphatic heterocycles. The molecule has 0 radical (unpaired) electrons. The first-order valence-corrected chi connectivity index (χ1v) is 6.86. The molecule has 104 valence electrons. The lowest BCUT2D eigenvalue weighted by atomic mass is 9.89. The maximum atomic E-state index is 3.84. The summed E-state index contributed by atoms with van der Waals surface area (Å²) in [4.78, 5) is 0. The van der Waals surface area contributed by atoms with E-state index in [2.05, 4.69) is 53.0 Å². The maximum Gasteiger partial charge on any atom is -0.0277 e. The average molecular weight is 248 g/mol. The molecule has 0 nitrogen and oxygen atoms in total. The zero-order valence-electron chi connectivity index (χ0n) is 13.1. The highest BCUT2D eigenvalue weighted by Crippen LogP contribution is 2.22. The van der Waals surface area contributed by atoms with Gasteiger partial charge in [-0.3, -0.25) is 0 Å². The maximum absolute atomic E-state index is 3.84. The molecule has 0 aromatic heterocycles. The lowest BCUT2D eigenvalue weighted by Crippen LogP contribution is -2.03. The molecule has 0 unspecified atom stereocenters. The molecule has 0 spiro atoms. The normalized spacial score (nSPS) is 13.4. The van der Waals surface area contributed by atoms with Crippen molar-refractivity contribution in [3.8, 4) is 0 Å². The van der Waals surface area contributed by atoms with Crippen LogP contribution in [0.4, 0.5) is 0 Å². The summed E-state index contributed by atoms with van der Waals surface area (Å²) < 4.78 is 0. The highest BCUT2D eigenvalue weighted by Gasteiger charge is 2.08. The fraction of sp³-hybridized carbons (Fsp3) is 0.556. The van der Waals surface area contributed by atoms with Gasteiger partial charge in [0.2, 0.25) is 0 Å². The molecule has 0 N–H and O–H groups in total. The van der Waals surface area contributed by atoms with Gasteiger partial charge in [0.1, 0.15) is 0 Å². The van der Waals surface area contributed by atoms with Gasteiger partial charge in [0.15, 0.2) is 0 Å². The van der Waals surface area contributed by atoms with Gasteiger partial charge < -0.3 is 0 Å². The molecule has 0 bridgehead atoms. The van der Waals surface area contributed by atoms with E-state index in [4.69, 9.17) is 0 Å². The van der Waals surface area contributed by atoms with E-state index < -0.39 is 0 Å². The van der Waals surface area contributed by atoms with Gasteiger partial charge in [-0.1, -0.05) is 63.3 Å². The second-order valence-corrected chi connectivity index (χ2v) is 5.86. The van der Waals surface area contributed by atoms with Crippen LogP contribution in [0.15, 0.2) is 49.1 Å². The average Bonchev–Trinajstić information content (AvgIpc) is 2.73. The van der Waals surface area contributed by atoms with E-state index in [1.807, 2.05) is 19.1 Å². The van der Waals surface area contributed by atoms with Gasteiger partial charge in [-0.15, -0.1) is 6.58 Å². The summed E-state index contributed by atoms with van der Waals surface area (Å²) in [6, 6.07) is 0. The van der Waals surface area contributed by atoms with E-state index in [1.54, 1.807) is 6.08 Å². The van der Waals surface area contributed by atoms with Crippen LogP contribution in [0.1, 0.15) is 60.3 Å². The first-order valence-electron chi connectivity index (χ1n) is 6.86. The molecule has 1 aliphatic carbocycles. The molecule has 0 atom stereocenters. The summed E-state index contributed by atoms with van der Waals surface area (Å²) >= 11 is 0. The van der Waals surface area contributed by atoms with E-state index in [1.165, 1.54) is 24.8 Å². The fourth-order valence-electron chi connectivity index (χ4n) is 1.63. The van der Waals surface area contributed by atoms with Crippen LogP contribution in [0.3, 0.4) is 0 Å². The molecule has 1 rings (SSSR count). The van der Waals surface area contributed by atoms with E-state index in [0.29, 0.717) is 5.41 Å². The smallest absolute Gasteiger partial charge is 0.0277 e. The Balaban J connectivity index is 0. The molecule has 0 aromatic carbocycles. The first-order chi connectivity index (χ1) is 8.33. The Morgan fingerprint density at radius 3 is 1.78 bits per heavy atom. The minimum atomic E-state index is 0.422. The monoisotopic (exact) mass is 248 g/mol. The number of rotatable bonds is 2. The van der Waals surface area contributed by atoms with Crippen LogP contribution in [0.25, 0.3) is 0 Å². The van der Waals surface area contributed by atoms with Gasteiger partial charge in [-0.2, -0.15) is 0 Å². The quantitative estimate of drug-likeness (QED) is 0.388. The largest absolute Gasteiger partial charge is 0.100 e. The van der Waals surface area contributed by atoms with Crippen molar-refractivity contribution < 1.29 is 0 Å². The Morgan fingerprint density at radius 2 is 1.72 bits per heavy atom. The first kappa shape index (κ1) is 19.3. The third-order valence-corrected chi connectivity index (χ3v) is 2.07. The minimum Gasteiger partial charge on any atom is -0.100 e. The molecule has 0 fully saturated rings. The van der Waals surface area contributed by atoms with Crippen LogP contribution >= 0.6 is 0 Å². The van der Waals surface area contributed by atoms with Crippen molar-refractivity contribution in [3.05, 3.63) is 49.1 Å². The van der Waals surface area contributed by atoms with Gasteiger partial charge in [0.05, 0.1) is 0 Å².